The number of guanidine groups is 1. The van der Waals surface area contributed by atoms with Crippen molar-refractivity contribution in [3.05, 3.63) is 18.2 Å². The third-order valence-electron chi connectivity index (χ3n) is 2.65. The van der Waals surface area contributed by atoms with E-state index in [0.717, 1.165) is 23.6 Å². The average Bonchev–Trinajstić information content (AvgIpc) is 2.61. The van der Waals surface area contributed by atoms with Gasteiger partial charge in [-0.25, -0.2) is 0 Å². The summed E-state index contributed by atoms with van der Waals surface area (Å²) in [5.74, 6) is 2.44. The monoisotopic (exact) mass is 391 g/mol. The molecule has 6 heteroatoms. The minimum Gasteiger partial charge on any atom is -0.490 e. The Morgan fingerprint density at radius 1 is 1.30 bits per heavy atom. The fraction of sp³-hybridized carbons (Fsp3) is 0.500. The van der Waals surface area contributed by atoms with Crippen molar-refractivity contribution in [2.45, 2.75) is 20.3 Å². The van der Waals surface area contributed by atoms with Crippen LogP contribution in [0, 0.1) is 5.92 Å². The highest BCUT2D eigenvalue weighted by Crippen LogP contribution is 2.32. The van der Waals surface area contributed by atoms with Crippen LogP contribution in [0.5, 0.6) is 11.5 Å². The topological polar surface area (TPSA) is 68.9 Å². The number of aliphatic imine (C=N–C) groups is 1. The maximum Gasteiger partial charge on any atom is 0.193 e. The molecule has 0 spiro atoms. The number of hydrogen-bond acceptors (Lipinski definition) is 3. The molecule has 1 aromatic carbocycles. The predicted molar refractivity (Wildman–Crippen MR) is 92.4 cm³/mol. The van der Waals surface area contributed by atoms with Gasteiger partial charge in [-0.05, 0) is 18.1 Å². The van der Waals surface area contributed by atoms with Crippen molar-refractivity contribution >= 4 is 35.6 Å². The Kier molecular flexibility index (Phi) is 6.90. The van der Waals surface area contributed by atoms with Crippen molar-refractivity contribution < 1.29 is 9.47 Å². The summed E-state index contributed by atoms with van der Waals surface area (Å²) in [6.07, 6.45) is 0.898. The molecule has 1 heterocycles. The van der Waals surface area contributed by atoms with E-state index in [0.29, 0.717) is 31.6 Å². The SMILES string of the molecule is CC(C)CN=C(N)Nc1ccc2c(c1)OCCCO2.I. The number of nitrogens with two attached hydrogens (primary N) is 1. The van der Waals surface area contributed by atoms with E-state index in [2.05, 4.69) is 24.2 Å². The second kappa shape index (κ2) is 8.18. The zero-order valence-electron chi connectivity index (χ0n) is 11.9. The number of halogens is 1. The van der Waals surface area contributed by atoms with Gasteiger partial charge in [0.05, 0.1) is 13.2 Å². The maximum atomic E-state index is 5.83. The van der Waals surface area contributed by atoms with Gasteiger partial charge in [0, 0.05) is 24.7 Å². The molecule has 0 unspecified atom stereocenters. The van der Waals surface area contributed by atoms with Crippen LogP contribution in [-0.2, 0) is 0 Å². The van der Waals surface area contributed by atoms with Gasteiger partial charge in [0.2, 0.25) is 0 Å². The minimum absolute atomic E-state index is 0. The standard InChI is InChI=1S/C14H21N3O2.HI/c1-10(2)9-16-14(15)17-11-4-5-12-13(8-11)19-7-3-6-18-12;/h4-5,8,10H,3,6-7,9H2,1-2H3,(H3,15,16,17);1H. The average molecular weight is 391 g/mol. The molecule has 2 rings (SSSR count). The van der Waals surface area contributed by atoms with Crippen LogP contribution in [0.15, 0.2) is 23.2 Å². The van der Waals surface area contributed by atoms with Crippen LogP contribution in [0.25, 0.3) is 0 Å². The molecule has 1 aromatic rings. The second-order valence-corrected chi connectivity index (χ2v) is 4.96. The smallest absolute Gasteiger partial charge is 0.193 e. The highest BCUT2D eigenvalue weighted by atomic mass is 127. The van der Waals surface area contributed by atoms with E-state index in [1.54, 1.807) is 0 Å². The molecule has 0 aromatic heterocycles. The zero-order chi connectivity index (χ0) is 13.7. The molecule has 0 amide bonds. The molecule has 20 heavy (non-hydrogen) atoms. The lowest BCUT2D eigenvalue weighted by Crippen LogP contribution is -2.23. The third kappa shape index (κ3) is 5.07. The fourth-order valence-corrected chi connectivity index (χ4v) is 1.71. The van der Waals surface area contributed by atoms with Crippen LogP contribution < -0.4 is 20.5 Å². The summed E-state index contributed by atoms with van der Waals surface area (Å²) in [6.45, 7) is 6.28. The van der Waals surface area contributed by atoms with Crippen molar-refractivity contribution in [2.24, 2.45) is 16.6 Å². The Balaban J connectivity index is 0.00000200. The van der Waals surface area contributed by atoms with Gasteiger partial charge in [-0.15, -0.1) is 24.0 Å². The molecular weight excluding hydrogens is 369 g/mol. The molecule has 0 saturated heterocycles. The number of nitrogens with one attached hydrogen (secondary N) is 1. The van der Waals surface area contributed by atoms with Gasteiger partial charge in [-0.1, -0.05) is 13.8 Å². The Hall–Kier alpha value is -1.18. The van der Waals surface area contributed by atoms with Crippen molar-refractivity contribution in [3.8, 4) is 11.5 Å². The van der Waals surface area contributed by atoms with Gasteiger partial charge < -0.3 is 20.5 Å². The van der Waals surface area contributed by atoms with Gasteiger partial charge >= 0.3 is 0 Å². The maximum absolute atomic E-state index is 5.83. The fourth-order valence-electron chi connectivity index (χ4n) is 1.71. The highest BCUT2D eigenvalue weighted by molar-refractivity contribution is 14.0. The van der Waals surface area contributed by atoms with Crippen molar-refractivity contribution in [2.75, 3.05) is 25.1 Å². The van der Waals surface area contributed by atoms with Crippen LogP contribution in [-0.4, -0.2) is 25.7 Å². The summed E-state index contributed by atoms with van der Waals surface area (Å²) in [5, 5.41) is 3.06. The molecule has 0 aliphatic carbocycles. The lowest BCUT2D eigenvalue weighted by atomic mass is 10.2. The molecule has 0 fully saturated rings. The molecule has 1 aliphatic heterocycles. The third-order valence-corrected chi connectivity index (χ3v) is 2.65. The van der Waals surface area contributed by atoms with Crippen LogP contribution >= 0.6 is 24.0 Å². The molecule has 3 N–H and O–H groups in total. The largest absolute Gasteiger partial charge is 0.490 e. The van der Waals surface area contributed by atoms with Gasteiger partial charge in [-0.2, -0.15) is 0 Å². The van der Waals surface area contributed by atoms with Gasteiger partial charge in [0.15, 0.2) is 17.5 Å². The summed E-state index contributed by atoms with van der Waals surface area (Å²) < 4.78 is 11.2. The molecule has 1 aliphatic rings. The van der Waals surface area contributed by atoms with Crippen LogP contribution in [0.3, 0.4) is 0 Å². The van der Waals surface area contributed by atoms with E-state index in [-0.39, 0.29) is 24.0 Å². The molecular formula is C14H22IN3O2. The number of ether oxygens (including phenoxy) is 2. The second-order valence-electron chi connectivity index (χ2n) is 4.96. The molecule has 0 atom stereocenters. The number of nitrogens with zero attached hydrogens (tertiary/aromatic N) is 1. The van der Waals surface area contributed by atoms with Crippen LogP contribution in [0.1, 0.15) is 20.3 Å². The quantitative estimate of drug-likeness (QED) is 0.473. The van der Waals surface area contributed by atoms with Crippen molar-refractivity contribution in [1.82, 2.24) is 0 Å². The number of fused-ring (bicyclic) bond motifs is 1. The van der Waals surface area contributed by atoms with Crippen LogP contribution in [0.2, 0.25) is 0 Å². The number of benzene rings is 1. The number of rotatable bonds is 3. The van der Waals surface area contributed by atoms with E-state index in [9.17, 15) is 0 Å². The highest BCUT2D eigenvalue weighted by Gasteiger charge is 2.10. The predicted octanol–water partition coefficient (Wildman–Crippen LogP) is 2.85. The first kappa shape index (κ1) is 16.9. The number of hydrogen-bond donors (Lipinski definition) is 2. The normalized spacial score (nSPS) is 14.4. The van der Waals surface area contributed by atoms with Gasteiger partial charge in [0.1, 0.15) is 0 Å². The van der Waals surface area contributed by atoms with Crippen LogP contribution in [0.4, 0.5) is 5.69 Å². The Labute approximate surface area is 137 Å². The van der Waals surface area contributed by atoms with Crippen molar-refractivity contribution in [1.29, 1.82) is 0 Å². The minimum atomic E-state index is 0. The first-order valence-electron chi connectivity index (χ1n) is 6.62. The summed E-state index contributed by atoms with van der Waals surface area (Å²) in [4.78, 5) is 4.26. The molecule has 0 saturated carbocycles. The summed E-state index contributed by atoms with van der Waals surface area (Å²) in [7, 11) is 0. The lowest BCUT2D eigenvalue weighted by Gasteiger charge is -2.11. The zero-order valence-corrected chi connectivity index (χ0v) is 14.2. The van der Waals surface area contributed by atoms with E-state index in [4.69, 9.17) is 15.2 Å². The van der Waals surface area contributed by atoms with E-state index < -0.39 is 0 Å². The molecule has 0 radical (unpaired) electrons. The molecule has 0 bridgehead atoms. The number of anilines is 1. The van der Waals surface area contributed by atoms with E-state index in [1.165, 1.54) is 0 Å². The Morgan fingerprint density at radius 2 is 2.00 bits per heavy atom. The molecule has 5 nitrogen and oxygen atoms in total. The van der Waals surface area contributed by atoms with Crippen molar-refractivity contribution in [3.63, 3.8) is 0 Å². The first-order chi connectivity index (χ1) is 9.15. The molecule has 112 valence electrons. The lowest BCUT2D eigenvalue weighted by molar-refractivity contribution is 0.297. The summed E-state index contributed by atoms with van der Waals surface area (Å²) in [5.41, 5.74) is 6.68. The Morgan fingerprint density at radius 3 is 2.70 bits per heavy atom. The van der Waals surface area contributed by atoms with Gasteiger partial charge in [-0.3, -0.25) is 4.99 Å². The van der Waals surface area contributed by atoms with E-state index in [1.807, 2.05) is 18.2 Å². The summed E-state index contributed by atoms with van der Waals surface area (Å²) >= 11 is 0. The Bertz CT molecular complexity index is 464. The van der Waals surface area contributed by atoms with E-state index >= 15 is 0 Å². The first-order valence-corrected chi connectivity index (χ1v) is 6.62. The summed E-state index contributed by atoms with van der Waals surface area (Å²) in [6, 6.07) is 5.68. The van der Waals surface area contributed by atoms with Gasteiger partial charge in [0.25, 0.3) is 0 Å².